The molecule has 0 saturated carbocycles. The molecule has 1 aromatic heterocycles. The molecule has 3 unspecified atom stereocenters. The lowest BCUT2D eigenvalue weighted by molar-refractivity contribution is -0.110. The lowest BCUT2D eigenvalue weighted by Gasteiger charge is -2.44. The van der Waals surface area contributed by atoms with Gasteiger partial charge in [-0.1, -0.05) is 12.1 Å². The standard InChI is InChI=1S/C45H57F2N9O2.C4H7NO2/c1-51-39-20-30-12-17-55(40(30)22-37(39)47)34-24-45(58-28-34)13-18-52(19-14-45)25-29-10-15-53(16-11-29)41-21-31(8-9-36(41)46)56-32-6-7-33(56)27-54(26-32)42(44(49)50)23-38(48)35-4-2-3-5-43(35)57;6-3-1-2-5-4-7/h2-5,8-9,12,17,20-23,29,32-34,51,57H,6-7,10-11,13-16,18-19,24-28,48-50H2,1H3;3-4H,1-2H2,(H,5,7)/b38-23-;. The number of phenolic OH excluding ortho intramolecular Hbond substituents is 1. The Morgan fingerprint density at radius 1 is 0.908 bits per heavy atom. The number of aldehydes is 1. The summed E-state index contributed by atoms with van der Waals surface area (Å²) in [6.45, 7) is 7.30. The van der Waals surface area contributed by atoms with Gasteiger partial charge in [0.25, 0.3) is 0 Å². The van der Waals surface area contributed by atoms with Gasteiger partial charge in [0, 0.05) is 113 Å². The predicted octanol–water partition coefficient (Wildman–Crippen LogP) is 5.44. The topological polar surface area (TPSA) is 184 Å². The molecule has 4 aromatic rings. The van der Waals surface area contributed by atoms with Crippen LogP contribution in [0.3, 0.4) is 0 Å². The zero-order chi connectivity index (χ0) is 45.7. The number of nitrogens with two attached hydrogens (primary N) is 3. The largest absolute Gasteiger partial charge is 0.507 e. The molecule has 348 valence electrons. The number of phenols is 1. The van der Waals surface area contributed by atoms with E-state index >= 15 is 4.39 Å². The lowest BCUT2D eigenvalue weighted by Crippen LogP contribution is -2.54. The zero-order valence-electron chi connectivity index (χ0n) is 37.3. The van der Waals surface area contributed by atoms with E-state index in [0.29, 0.717) is 73.3 Å². The van der Waals surface area contributed by atoms with Crippen molar-refractivity contribution in [2.75, 3.05) is 81.1 Å². The molecular formula is C49H64F2N10O4. The van der Waals surface area contributed by atoms with E-state index in [4.69, 9.17) is 21.9 Å². The molecule has 65 heavy (non-hydrogen) atoms. The molecule has 5 aliphatic rings. The number of hydrogen-bond acceptors (Lipinski definition) is 12. The van der Waals surface area contributed by atoms with Crippen LogP contribution in [-0.2, 0) is 14.3 Å². The van der Waals surface area contributed by atoms with Crippen molar-refractivity contribution in [3.8, 4) is 5.75 Å². The third-order valence-electron chi connectivity index (χ3n) is 14.2. The molecule has 5 saturated heterocycles. The molecule has 5 fully saturated rings. The fourth-order valence-electron chi connectivity index (χ4n) is 10.8. The third kappa shape index (κ3) is 9.98. The highest BCUT2D eigenvalue weighted by Gasteiger charge is 2.44. The van der Waals surface area contributed by atoms with Crippen LogP contribution in [0.15, 0.2) is 84.5 Å². The molecule has 9 N–H and O–H groups in total. The fourth-order valence-corrected chi connectivity index (χ4v) is 10.8. The van der Waals surface area contributed by atoms with Gasteiger partial charge in [-0.15, -0.1) is 0 Å². The summed E-state index contributed by atoms with van der Waals surface area (Å²) >= 11 is 0. The van der Waals surface area contributed by atoms with Crippen molar-refractivity contribution in [3.63, 3.8) is 0 Å². The molecule has 6 heterocycles. The van der Waals surface area contributed by atoms with E-state index in [1.165, 1.54) is 0 Å². The predicted molar refractivity (Wildman–Crippen MR) is 252 cm³/mol. The quantitative estimate of drug-likeness (QED) is 0.0569. The van der Waals surface area contributed by atoms with E-state index in [1.54, 1.807) is 43.5 Å². The first-order valence-corrected chi connectivity index (χ1v) is 23.0. The maximum atomic E-state index is 15.6. The minimum atomic E-state index is -0.232. The van der Waals surface area contributed by atoms with Crippen LogP contribution in [0.1, 0.15) is 63.0 Å². The van der Waals surface area contributed by atoms with Crippen molar-refractivity contribution in [1.82, 2.24) is 19.7 Å². The van der Waals surface area contributed by atoms with Crippen LogP contribution in [0.2, 0.25) is 0 Å². The molecule has 9 rings (SSSR count). The van der Waals surface area contributed by atoms with Gasteiger partial charge in [-0.3, -0.25) is 4.79 Å². The van der Waals surface area contributed by atoms with Crippen LogP contribution < -0.4 is 37.6 Å². The number of carbonyl (C=O) groups is 2. The minimum absolute atomic E-state index is 0.101. The highest BCUT2D eigenvalue weighted by Crippen LogP contribution is 2.43. The summed E-state index contributed by atoms with van der Waals surface area (Å²) in [5.74, 6) is 0.460. The van der Waals surface area contributed by atoms with Gasteiger partial charge in [-0.05, 0) is 99.4 Å². The number of aromatic nitrogens is 1. The second-order valence-electron chi connectivity index (χ2n) is 18.3. The molecule has 1 spiro atoms. The Labute approximate surface area is 380 Å². The van der Waals surface area contributed by atoms with Crippen molar-refractivity contribution in [1.29, 1.82) is 0 Å². The van der Waals surface area contributed by atoms with Gasteiger partial charge < -0.3 is 66.6 Å². The van der Waals surface area contributed by atoms with Gasteiger partial charge in [0.2, 0.25) is 6.41 Å². The summed E-state index contributed by atoms with van der Waals surface area (Å²) in [5.41, 5.74) is 23.5. The normalized spacial score (nSPS) is 22.2. The first-order chi connectivity index (χ1) is 31.5. The summed E-state index contributed by atoms with van der Waals surface area (Å²) < 4.78 is 39.0. The van der Waals surface area contributed by atoms with E-state index in [2.05, 4.69) is 53.1 Å². The number of para-hydroxylation sites is 1. The molecule has 3 atom stereocenters. The Bertz CT molecular complexity index is 2350. The maximum Gasteiger partial charge on any atom is 0.207 e. The number of likely N-dealkylation sites (tertiary alicyclic amines) is 2. The molecular weight excluding hydrogens is 831 g/mol. The SMILES string of the molecule is CNc1cc2ccn(C3COC4(CCN(CC5CCN(c6cc(N7C8CCC7CN(C(/C=C(\N)c7ccccc7O)=C(N)N)C8)ccc6F)CC5)CC4)C3)c2cc1F.O=CCCNC=O. The summed E-state index contributed by atoms with van der Waals surface area (Å²) in [5, 5.41) is 16.7. The number of anilines is 3. The van der Waals surface area contributed by atoms with Gasteiger partial charge >= 0.3 is 0 Å². The number of piperidine rings is 2. The van der Waals surface area contributed by atoms with Crippen molar-refractivity contribution in [2.24, 2.45) is 23.1 Å². The average molecular weight is 895 g/mol. The Hall–Kier alpha value is -6.00. The number of halogens is 2. The Balaban J connectivity index is 0.000000763. The first-order valence-electron chi connectivity index (χ1n) is 23.0. The first kappa shape index (κ1) is 45.6. The number of nitrogens with one attached hydrogen (secondary N) is 2. The summed E-state index contributed by atoms with van der Waals surface area (Å²) in [6, 6.07) is 18.8. The summed E-state index contributed by atoms with van der Waals surface area (Å²) in [4.78, 5) is 28.5. The van der Waals surface area contributed by atoms with Crippen LogP contribution in [0.4, 0.5) is 25.8 Å². The molecule has 0 aliphatic carbocycles. The Kier molecular flexibility index (Phi) is 14.0. The van der Waals surface area contributed by atoms with Crippen molar-refractivity contribution < 1.29 is 28.2 Å². The van der Waals surface area contributed by atoms with Gasteiger partial charge in [0.1, 0.15) is 29.5 Å². The van der Waals surface area contributed by atoms with Gasteiger partial charge in [0.15, 0.2) is 0 Å². The number of allylic oxidation sites excluding steroid dienone is 1. The number of amides is 1. The van der Waals surface area contributed by atoms with E-state index in [9.17, 15) is 19.1 Å². The number of nitrogens with zero attached hydrogens (tertiary/aromatic N) is 5. The third-order valence-corrected chi connectivity index (χ3v) is 14.2. The van der Waals surface area contributed by atoms with Gasteiger partial charge in [0.05, 0.1) is 40.8 Å². The Morgan fingerprint density at radius 3 is 2.32 bits per heavy atom. The average Bonchev–Trinajstić information content (AvgIpc) is 3.99. The van der Waals surface area contributed by atoms with Crippen LogP contribution in [0.25, 0.3) is 16.6 Å². The number of hydrogen-bond donors (Lipinski definition) is 6. The van der Waals surface area contributed by atoms with E-state index in [1.807, 2.05) is 18.2 Å². The number of piperazine rings is 1. The number of benzene rings is 3. The Morgan fingerprint density at radius 2 is 1.65 bits per heavy atom. The number of ether oxygens (including phenoxy) is 1. The minimum Gasteiger partial charge on any atom is -0.507 e. The molecule has 5 aliphatic heterocycles. The number of carbonyl (C=O) groups excluding carboxylic acids is 2. The summed E-state index contributed by atoms with van der Waals surface area (Å²) in [7, 11) is 1.74. The molecule has 16 heteroatoms. The fraction of sp³-hybridized carbons (Fsp3) is 0.469. The molecule has 0 radical (unpaired) electrons. The van der Waals surface area contributed by atoms with E-state index < -0.39 is 0 Å². The highest BCUT2D eigenvalue weighted by atomic mass is 19.1. The maximum absolute atomic E-state index is 15.6. The zero-order valence-corrected chi connectivity index (χ0v) is 37.3. The molecule has 1 amide bonds. The molecule has 14 nitrogen and oxygen atoms in total. The van der Waals surface area contributed by atoms with Crippen LogP contribution in [0.5, 0.6) is 5.75 Å². The second kappa shape index (κ2) is 20.0. The molecule has 2 bridgehead atoms. The smallest absolute Gasteiger partial charge is 0.207 e. The van der Waals surface area contributed by atoms with Gasteiger partial charge in [-0.2, -0.15) is 0 Å². The monoisotopic (exact) mass is 895 g/mol. The second-order valence-corrected chi connectivity index (χ2v) is 18.3. The van der Waals surface area contributed by atoms with Gasteiger partial charge in [-0.25, -0.2) is 8.78 Å². The highest BCUT2D eigenvalue weighted by molar-refractivity contribution is 5.84. The van der Waals surface area contributed by atoms with Crippen LogP contribution >= 0.6 is 0 Å². The van der Waals surface area contributed by atoms with Crippen molar-refractivity contribution >= 4 is 46.4 Å². The van der Waals surface area contributed by atoms with Crippen molar-refractivity contribution in [3.05, 3.63) is 102 Å². The van der Waals surface area contributed by atoms with E-state index in [0.717, 1.165) is 101 Å². The number of rotatable bonds is 13. The lowest BCUT2D eigenvalue weighted by atomic mass is 9.86. The van der Waals surface area contributed by atoms with E-state index in [-0.39, 0.29) is 46.9 Å². The number of aromatic hydroxyl groups is 1. The molecule has 3 aromatic carbocycles. The number of fused-ring (bicyclic) bond motifs is 3. The van der Waals surface area contributed by atoms with Crippen molar-refractivity contribution in [2.45, 2.75) is 75.1 Å². The van der Waals surface area contributed by atoms with Crippen LogP contribution in [-0.4, -0.2) is 116 Å². The van der Waals surface area contributed by atoms with Crippen LogP contribution in [0, 0.1) is 17.6 Å². The summed E-state index contributed by atoms with van der Waals surface area (Å²) in [6.07, 6.45) is 12.6.